The Balaban J connectivity index is 2.31. The van der Waals surface area contributed by atoms with E-state index in [2.05, 4.69) is 26.1 Å². The van der Waals surface area contributed by atoms with Crippen LogP contribution in [0.25, 0.3) is 11.5 Å². The second-order valence-electron chi connectivity index (χ2n) is 2.87. The zero-order valence-corrected chi connectivity index (χ0v) is 9.43. The van der Waals surface area contributed by atoms with Crippen molar-refractivity contribution < 1.29 is 14.5 Å². The summed E-state index contributed by atoms with van der Waals surface area (Å²) in [6, 6.07) is 7.15. The van der Waals surface area contributed by atoms with Crippen LogP contribution in [-0.2, 0) is 0 Å². The van der Waals surface area contributed by atoms with Gasteiger partial charge in [-0.3, -0.25) is 10.0 Å². The predicted molar refractivity (Wildman–Crippen MR) is 56.7 cm³/mol. The predicted octanol–water partition coefficient (Wildman–Crippen LogP) is 1.62. The number of hydrogen-bond acceptors (Lipinski definition) is 5. The van der Waals surface area contributed by atoms with E-state index in [1.54, 1.807) is 12.1 Å². The van der Waals surface area contributed by atoms with Crippen LogP contribution in [-0.4, -0.2) is 21.3 Å². The highest BCUT2D eigenvalue weighted by Crippen LogP contribution is 2.19. The van der Waals surface area contributed by atoms with E-state index in [-0.39, 0.29) is 11.7 Å². The molecule has 1 amide bonds. The molecule has 2 rings (SSSR count). The Bertz CT molecular complexity index is 509. The summed E-state index contributed by atoms with van der Waals surface area (Å²) in [6.45, 7) is 0. The summed E-state index contributed by atoms with van der Waals surface area (Å²) < 4.78 is 5.79. The molecule has 7 heteroatoms. The van der Waals surface area contributed by atoms with Crippen LogP contribution in [0.5, 0.6) is 0 Å². The third-order valence-corrected chi connectivity index (χ3v) is 2.35. The summed E-state index contributed by atoms with van der Waals surface area (Å²) in [7, 11) is 0. The molecule has 0 unspecified atom stereocenters. The molecule has 1 heterocycles. The van der Waals surface area contributed by atoms with Crippen molar-refractivity contribution in [1.82, 2.24) is 15.6 Å². The minimum Gasteiger partial charge on any atom is -0.333 e. The van der Waals surface area contributed by atoms with E-state index < -0.39 is 5.91 Å². The zero-order chi connectivity index (χ0) is 11.5. The lowest BCUT2D eigenvalue weighted by Gasteiger charge is -1.93. The van der Waals surface area contributed by atoms with Crippen molar-refractivity contribution in [2.45, 2.75) is 0 Å². The van der Waals surface area contributed by atoms with Gasteiger partial charge in [-0.25, -0.2) is 5.48 Å². The molecule has 0 atom stereocenters. The monoisotopic (exact) mass is 283 g/mol. The number of amides is 1. The van der Waals surface area contributed by atoms with Crippen LogP contribution in [0.3, 0.4) is 0 Å². The molecule has 16 heavy (non-hydrogen) atoms. The van der Waals surface area contributed by atoms with Crippen molar-refractivity contribution in [3.05, 3.63) is 34.6 Å². The molecule has 0 aliphatic rings. The van der Waals surface area contributed by atoms with Crippen LogP contribution in [0.15, 0.2) is 33.3 Å². The van der Waals surface area contributed by atoms with Crippen LogP contribution < -0.4 is 5.48 Å². The number of halogens is 1. The fourth-order valence-corrected chi connectivity index (χ4v) is 1.34. The molecule has 0 saturated heterocycles. The zero-order valence-electron chi connectivity index (χ0n) is 7.85. The number of rotatable bonds is 2. The number of benzene rings is 1. The summed E-state index contributed by atoms with van der Waals surface area (Å²) in [4.78, 5) is 14.8. The maximum atomic E-state index is 11.0. The number of nitrogens with one attached hydrogen (secondary N) is 1. The van der Waals surface area contributed by atoms with Gasteiger partial charge in [0.05, 0.1) is 0 Å². The SMILES string of the molecule is O=C(NO)c1noc(-c2ccc(Br)cc2)n1. The largest absolute Gasteiger partial charge is 0.333 e. The minimum atomic E-state index is -0.813. The van der Waals surface area contributed by atoms with E-state index in [9.17, 15) is 4.79 Å². The highest BCUT2D eigenvalue weighted by atomic mass is 79.9. The molecule has 0 spiro atoms. The average Bonchev–Trinajstić information content (AvgIpc) is 2.78. The van der Waals surface area contributed by atoms with Gasteiger partial charge in [0.1, 0.15) is 0 Å². The van der Waals surface area contributed by atoms with E-state index in [4.69, 9.17) is 9.73 Å². The summed E-state index contributed by atoms with van der Waals surface area (Å²) in [5.41, 5.74) is 2.11. The summed E-state index contributed by atoms with van der Waals surface area (Å²) in [6.07, 6.45) is 0. The third kappa shape index (κ3) is 2.10. The first-order valence-corrected chi connectivity index (χ1v) is 5.04. The highest BCUT2D eigenvalue weighted by Gasteiger charge is 2.14. The molecule has 1 aromatic heterocycles. The first-order chi connectivity index (χ1) is 7.70. The Morgan fingerprint density at radius 3 is 2.69 bits per heavy atom. The second kappa shape index (κ2) is 4.42. The Morgan fingerprint density at radius 1 is 1.38 bits per heavy atom. The van der Waals surface area contributed by atoms with Gasteiger partial charge in [-0.1, -0.05) is 21.1 Å². The van der Waals surface area contributed by atoms with Crippen molar-refractivity contribution >= 4 is 21.8 Å². The van der Waals surface area contributed by atoms with Gasteiger partial charge in [0.25, 0.3) is 11.7 Å². The molecule has 0 aliphatic heterocycles. The van der Waals surface area contributed by atoms with Gasteiger partial charge in [-0.2, -0.15) is 4.98 Å². The molecule has 0 radical (unpaired) electrons. The van der Waals surface area contributed by atoms with Gasteiger partial charge >= 0.3 is 5.91 Å². The van der Waals surface area contributed by atoms with E-state index in [0.29, 0.717) is 5.56 Å². The Kier molecular flexibility index (Phi) is 2.97. The van der Waals surface area contributed by atoms with Crippen molar-refractivity contribution in [3.63, 3.8) is 0 Å². The number of hydrogen-bond donors (Lipinski definition) is 2. The van der Waals surface area contributed by atoms with Crippen LogP contribution >= 0.6 is 15.9 Å². The Hall–Kier alpha value is -1.73. The minimum absolute atomic E-state index is 0.214. The lowest BCUT2D eigenvalue weighted by Crippen LogP contribution is -2.19. The molecule has 0 bridgehead atoms. The fourth-order valence-electron chi connectivity index (χ4n) is 1.08. The van der Waals surface area contributed by atoms with Gasteiger partial charge in [0.2, 0.25) is 0 Å². The molecule has 1 aromatic carbocycles. The molecule has 2 N–H and O–H groups in total. The number of carbonyl (C=O) groups excluding carboxylic acids is 1. The molecule has 6 nitrogen and oxygen atoms in total. The van der Waals surface area contributed by atoms with Gasteiger partial charge < -0.3 is 4.52 Å². The third-order valence-electron chi connectivity index (χ3n) is 1.82. The lowest BCUT2D eigenvalue weighted by atomic mass is 10.2. The number of carbonyl (C=O) groups is 1. The number of aromatic nitrogens is 2. The van der Waals surface area contributed by atoms with E-state index in [0.717, 1.165) is 4.47 Å². The molecule has 0 fully saturated rings. The van der Waals surface area contributed by atoms with Gasteiger partial charge in [0, 0.05) is 10.0 Å². The van der Waals surface area contributed by atoms with E-state index >= 15 is 0 Å². The van der Waals surface area contributed by atoms with Gasteiger partial charge in [-0.15, -0.1) is 0 Å². The average molecular weight is 284 g/mol. The maximum absolute atomic E-state index is 11.0. The standard InChI is InChI=1S/C9H6BrN3O3/c10-6-3-1-5(2-4-6)9-11-7(13-16-9)8(14)12-15/h1-4,15H,(H,12,14). The molecule has 0 aliphatic carbocycles. The van der Waals surface area contributed by atoms with Crippen molar-refractivity contribution in [1.29, 1.82) is 0 Å². The van der Waals surface area contributed by atoms with Crippen molar-refractivity contribution in [3.8, 4) is 11.5 Å². The molecule has 2 aromatic rings. The second-order valence-corrected chi connectivity index (χ2v) is 3.79. The lowest BCUT2D eigenvalue weighted by molar-refractivity contribution is 0.0691. The molecule has 0 saturated carbocycles. The van der Waals surface area contributed by atoms with E-state index in [1.807, 2.05) is 12.1 Å². The topological polar surface area (TPSA) is 88.2 Å². The highest BCUT2D eigenvalue weighted by molar-refractivity contribution is 9.10. The van der Waals surface area contributed by atoms with Crippen LogP contribution in [0.4, 0.5) is 0 Å². The fraction of sp³-hybridized carbons (Fsp3) is 0. The van der Waals surface area contributed by atoms with Crippen LogP contribution in [0, 0.1) is 0 Å². The van der Waals surface area contributed by atoms with E-state index in [1.165, 1.54) is 5.48 Å². The van der Waals surface area contributed by atoms with Crippen LogP contribution in [0.1, 0.15) is 10.6 Å². The molecular formula is C9H6BrN3O3. The van der Waals surface area contributed by atoms with Crippen molar-refractivity contribution in [2.75, 3.05) is 0 Å². The number of hydroxylamine groups is 1. The number of nitrogens with zero attached hydrogens (tertiary/aromatic N) is 2. The molecular weight excluding hydrogens is 278 g/mol. The van der Waals surface area contributed by atoms with Crippen molar-refractivity contribution in [2.24, 2.45) is 0 Å². The van der Waals surface area contributed by atoms with Gasteiger partial charge in [-0.05, 0) is 24.3 Å². The normalized spacial score (nSPS) is 10.1. The summed E-state index contributed by atoms with van der Waals surface area (Å²) in [5, 5.41) is 11.8. The maximum Gasteiger partial charge on any atom is 0.316 e. The van der Waals surface area contributed by atoms with Gasteiger partial charge in [0.15, 0.2) is 0 Å². The molecule has 82 valence electrons. The van der Waals surface area contributed by atoms with Crippen LogP contribution in [0.2, 0.25) is 0 Å². The smallest absolute Gasteiger partial charge is 0.316 e. The Morgan fingerprint density at radius 2 is 2.06 bits per heavy atom. The summed E-state index contributed by atoms with van der Waals surface area (Å²) in [5.74, 6) is -0.821. The Labute approximate surface area is 98.4 Å². The summed E-state index contributed by atoms with van der Waals surface area (Å²) >= 11 is 3.29. The first-order valence-electron chi connectivity index (χ1n) is 4.25. The quantitative estimate of drug-likeness (QED) is 0.646. The first kappa shape index (κ1) is 10.8.